The minimum absolute atomic E-state index is 0. The van der Waals surface area contributed by atoms with Gasteiger partial charge in [-0.3, -0.25) is 0 Å². The molecule has 0 aromatic heterocycles. The first-order valence-electron chi connectivity index (χ1n) is 6.13. The molecular weight excluding hydrogens is 595 g/mol. The Balaban J connectivity index is -0.000000464. The van der Waals surface area contributed by atoms with Gasteiger partial charge in [-0.15, -0.1) is 0 Å². The van der Waals surface area contributed by atoms with Crippen molar-refractivity contribution in [1.82, 2.24) is 0 Å². The largest absolute Gasteiger partial charge is 1.00 e. The SMILES string of the molecule is FC(F)(F)C(F)(F)C(F)(F)C(F)(F)C(F)(F)C(F)(F)C(F)(F)C(F)(F)F.O=S(=O)(OF)OF.[H-].[Na+]. The molecule has 34 heavy (non-hydrogen) atoms. The molecule has 0 unspecified atom stereocenters. The van der Waals surface area contributed by atoms with E-state index in [1.807, 2.05) is 8.78 Å². The van der Waals surface area contributed by atoms with Crippen molar-refractivity contribution in [2.45, 2.75) is 47.9 Å². The summed E-state index contributed by atoms with van der Waals surface area (Å²) in [7, 11) is -4.99. The van der Waals surface area contributed by atoms with Gasteiger partial charge in [-0.25, -0.2) is 0 Å². The molecule has 0 radical (unpaired) electrons. The Labute approximate surface area is 195 Å². The van der Waals surface area contributed by atoms with Gasteiger partial charge in [-0.1, -0.05) is 0 Å². The minimum atomic E-state index is -8.72. The molecule has 0 aliphatic carbocycles. The van der Waals surface area contributed by atoms with Crippen molar-refractivity contribution in [1.29, 1.82) is 0 Å². The Bertz CT molecular complexity index is 717. The van der Waals surface area contributed by atoms with E-state index in [-0.39, 0.29) is 31.0 Å². The molecule has 0 atom stereocenters. The van der Waals surface area contributed by atoms with Gasteiger partial charge < -0.3 is 1.43 Å². The van der Waals surface area contributed by atoms with Crippen LogP contribution in [0.4, 0.5) is 88.1 Å². The molecule has 26 heteroatoms. The van der Waals surface area contributed by atoms with Crippen LogP contribution >= 0.6 is 0 Å². The maximum absolute atomic E-state index is 12.8. The fourth-order valence-corrected chi connectivity index (χ4v) is 1.17. The summed E-state index contributed by atoms with van der Waals surface area (Å²) in [4.78, 5) is 0. The van der Waals surface area contributed by atoms with Gasteiger partial charge in [0.25, 0.3) is 0 Å². The normalized spacial score (nSPS) is 15.3. The van der Waals surface area contributed by atoms with Crippen LogP contribution in [-0.4, -0.2) is 56.3 Å². The monoisotopic (exact) mass is 596 g/mol. The summed E-state index contributed by atoms with van der Waals surface area (Å²) in [5.41, 5.74) is 0. The van der Waals surface area contributed by atoms with E-state index in [1.54, 1.807) is 0 Å². The van der Waals surface area contributed by atoms with Crippen LogP contribution in [-0.2, 0) is 19.2 Å². The Hall–Kier alpha value is -0.530. The second kappa shape index (κ2) is 10.5. The van der Waals surface area contributed by atoms with Crippen LogP contribution in [0.5, 0.6) is 0 Å². The third-order valence-electron chi connectivity index (χ3n) is 2.84. The standard InChI is InChI=1S/C8F18.F2O4S.Na.H/c9-1(10,3(13,14)5(17,18)7(21,22)23)2(11,12)4(15,16)6(19,20)8(24,25)26;1-5-7(3,4)6-2;;/q;;+1;-1. The summed E-state index contributed by atoms with van der Waals surface area (Å²) in [6.07, 6.45) is -15.6. The van der Waals surface area contributed by atoms with Gasteiger partial charge in [0.2, 0.25) is 0 Å². The molecule has 0 aromatic carbocycles. The van der Waals surface area contributed by atoms with Gasteiger partial charge in [0.1, 0.15) is 0 Å². The predicted octanol–water partition coefficient (Wildman–Crippen LogP) is 3.07. The van der Waals surface area contributed by atoms with Gasteiger partial charge in [0, 0.05) is 0 Å². The van der Waals surface area contributed by atoms with Crippen molar-refractivity contribution >= 4 is 10.4 Å². The molecule has 0 rings (SSSR count). The fourth-order valence-electron chi connectivity index (χ4n) is 1.15. The smallest absolute Gasteiger partial charge is 1.00 e. The van der Waals surface area contributed by atoms with Gasteiger partial charge >= 0.3 is 87.8 Å². The second-order valence-corrected chi connectivity index (χ2v) is 6.04. The summed E-state index contributed by atoms with van der Waals surface area (Å²) in [5, 5.41) is 0. The second-order valence-electron chi connectivity index (χ2n) is 4.98. The zero-order chi connectivity index (χ0) is 27.9. The molecule has 204 valence electrons. The average Bonchev–Trinajstić information content (AvgIpc) is 2.59. The Kier molecular flexibility index (Phi) is 11.7. The molecular formula is C8HF20NaO4S. The maximum Gasteiger partial charge on any atom is 1.00 e. The minimum Gasteiger partial charge on any atom is -1.00 e. The molecule has 0 saturated carbocycles. The Morgan fingerprint density at radius 3 is 0.647 bits per heavy atom. The van der Waals surface area contributed by atoms with Crippen LogP contribution in [0.1, 0.15) is 1.43 Å². The fraction of sp³-hybridized carbons (Fsp3) is 1.00. The maximum atomic E-state index is 12.8. The number of halogens is 20. The molecule has 0 heterocycles. The molecule has 0 bridgehead atoms. The van der Waals surface area contributed by atoms with E-state index in [0.29, 0.717) is 0 Å². The van der Waals surface area contributed by atoms with E-state index in [0.717, 1.165) is 0 Å². The van der Waals surface area contributed by atoms with Crippen LogP contribution in [0.25, 0.3) is 0 Å². The Morgan fingerprint density at radius 1 is 0.412 bits per heavy atom. The molecule has 0 spiro atoms. The predicted molar refractivity (Wildman–Crippen MR) is 56.2 cm³/mol. The molecule has 4 nitrogen and oxygen atoms in total. The molecule has 0 fully saturated rings. The quantitative estimate of drug-likeness (QED) is 0.335. The zero-order valence-corrected chi connectivity index (χ0v) is 17.4. The van der Waals surface area contributed by atoms with E-state index in [1.165, 1.54) is 0 Å². The van der Waals surface area contributed by atoms with Crippen LogP contribution in [0.3, 0.4) is 0 Å². The van der Waals surface area contributed by atoms with Gasteiger partial charge in [0.15, 0.2) is 0 Å². The average molecular weight is 596 g/mol. The zero-order valence-electron chi connectivity index (χ0n) is 15.6. The van der Waals surface area contributed by atoms with Gasteiger partial charge in [-0.05, 0) is 17.8 Å². The van der Waals surface area contributed by atoms with E-state index < -0.39 is 58.3 Å². The molecule has 0 N–H and O–H groups in total. The molecule has 0 aromatic rings. The third-order valence-corrected chi connectivity index (χ3v) is 3.15. The van der Waals surface area contributed by atoms with Crippen LogP contribution in [0.2, 0.25) is 0 Å². The topological polar surface area (TPSA) is 52.6 Å². The number of hydrogen-bond donors (Lipinski definition) is 0. The molecule has 0 aliphatic heterocycles. The molecule has 0 saturated heterocycles. The van der Waals surface area contributed by atoms with Crippen molar-refractivity contribution in [3.05, 3.63) is 0 Å². The Morgan fingerprint density at radius 2 is 0.559 bits per heavy atom. The third kappa shape index (κ3) is 6.23. The number of hydrogen-bond acceptors (Lipinski definition) is 4. The number of rotatable bonds is 7. The van der Waals surface area contributed by atoms with E-state index in [4.69, 9.17) is 0 Å². The van der Waals surface area contributed by atoms with Gasteiger partial charge in [-0.2, -0.15) is 87.4 Å². The molecule has 0 amide bonds. The summed E-state index contributed by atoms with van der Waals surface area (Å²) in [6.45, 7) is 0. The van der Waals surface area contributed by atoms with Crippen molar-refractivity contribution in [2.24, 2.45) is 0 Å². The van der Waals surface area contributed by atoms with Crippen LogP contribution in [0.15, 0.2) is 0 Å². The van der Waals surface area contributed by atoms with Crippen molar-refractivity contribution in [3.8, 4) is 0 Å². The molecule has 0 aliphatic rings. The van der Waals surface area contributed by atoms with E-state index >= 15 is 0 Å². The van der Waals surface area contributed by atoms with E-state index in [2.05, 4.69) is 0 Å². The summed E-state index contributed by atoms with van der Waals surface area (Å²) >= 11 is 0. The van der Waals surface area contributed by atoms with Crippen LogP contribution in [0, 0.1) is 0 Å². The number of alkyl halides is 18. The first kappa shape index (κ1) is 38.0. The van der Waals surface area contributed by atoms with Crippen molar-refractivity contribution in [3.63, 3.8) is 0 Å². The van der Waals surface area contributed by atoms with Gasteiger partial charge in [0.05, 0.1) is 0 Å². The van der Waals surface area contributed by atoms with Crippen molar-refractivity contribution < 1.29 is 136 Å². The summed E-state index contributed by atoms with van der Waals surface area (Å²) in [6, 6.07) is 0. The first-order valence-corrected chi connectivity index (χ1v) is 7.46. The first-order chi connectivity index (χ1) is 13.9. The van der Waals surface area contributed by atoms with Crippen molar-refractivity contribution in [2.75, 3.05) is 0 Å². The van der Waals surface area contributed by atoms with Crippen LogP contribution < -0.4 is 29.6 Å². The summed E-state index contributed by atoms with van der Waals surface area (Å²) < 4.78 is 264. The van der Waals surface area contributed by atoms with E-state index in [9.17, 15) is 96.5 Å². The summed E-state index contributed by atoms with van der Waals surface area (Å²) in [5.74, 6) is -51.0.